The Labute approximate surface area is 155 Å². The van der Waals surface area contributed by atoms with Gasteiger partial charge in [0.1, 0.15) is 6.54 Å². The number of carbonyl (C=O) groups is 2. The first-order valence-corrected chi connectivity index (χ1v) is 8.24. The molecule has 0 unspecified atom stereocenters. The van der Waals surface area contributed by atoms with E-state index in [4.69, 9.17) is 0 Å². The first-order chi connectivity index (χ1) is 12.7. The quantitative estimate of drug-likeness (QED) is 0.723. The summed E-state index contributed by atoms with van der Waals surface area (Å²) in [7, 11) is 0. The highest BCUT2D eigenvalue weighted by molar-refractivity contribution is 5.95. The standard InChI is InChI=1S/C19H20F3N3O2/c1-13-7-9-15(10-8-13)17(14-5-3-2-4-6-14)23-11-16(26)25-18(27)24-12-19(20,21)22/h2-10,17,23H,11-12H2,1H3,(H2,24,25,26,27)/t17-/m0/s1. The molecular weight excluding hydrogens is 359 g/mol. The van der Waals surface area contributed by atoms with Crippen molar-refractivity contribution in [3.63, 3.8) is 0 Å². The Bertz CT molecular complexity index is 762. The molecule has 3 N–H and O–H groups in total. The Hall–Kier alpha value is -2.87. The van der Waals surface area contributed by atoms with Crippen molar-refractivity contribution in [3.8, 4) is 0 Å². The van der Waals surface area contributed by atoms with Crippen molar-refractivity contribution in [1.82, 2.24) is 16.0 Å². The van der Waals surface area contributed by atoms with Gasteiger partial charge >= 0.3 is 12.2 Å². The van der Waals surface area contributed by atoms with Crippen molar-refractivity contribution in [2.75, 3.05) is 13.1 Å². The van der Waals surface area contributed by atoms with Crippen LogP contribution in [0.5, 0.6) is 0 Å². The van der Waals surface area contributed by atoms with Crippen LogP contribution in [0.4, 0.5) is 18.0 Å². The lowest BCUT2D eigenvalue weighted by atomic mass is 9.98. The van der Waals surface area contributed by atoms with E-state index >= 15 is 0 Å². The average Bonchev–Trinajstić information content (AvgIpc) is 2.62. The summed E-state index contributed by atoms with van der Waals surface area (Å²) < 4.78 is 36.2. The molecule has 3 amide bonds. The second kappa shape index (κ2) is 9.18. The number of nitrogens with one attached hydrogen (secondary N) is 3. The number of alkyl halides is 3. The van der Waals surface area contributed by atoms with E-state index in [2.05, 4.69) is 5.32 Å². The Morgan fingerprint density at radius 1 is 0.963 bits per heavy atom. The van der Waals surface area contributed by atoms with Gasteiger partial charge in [-0.05, 0) is 18.1 Å². The number of imide groups is 1. The van der Waals surface area contributed by atoms with Crippen LogP contribution in [-0.4, -0.2) is 31.2 Å². The van der Waals surface area contributed by atoms with Gasteiger partial charge in [-0.1, -0.05) is 60.2 Å². The molecule has 0 aliphatic rings. The van der Waals surface area contributed by atoms with E-state index < -0.39 is 24.7 Å². The monoisotopic (exact) mass is 379 g/mol. The van der Waals surface area contributed by atoms with Gasteiger partial charge in [0.05, 0.1) is 12.6 Å². The molecule has 0 aliphatic carbocycles. The highest BCUT2D eigenvalue weighted by atomic mass is 19.4. The predicted molar refractivity (Wildman–Crippen MR) is 95.1 cm³/mol. The summed E-state index contributed by atoms with van der Waals surface area (Å²) >= 11 is 0. The van der Waals surface area contributed by atoms with Crippen LogP contribution in [0.2, 0.25) is 0 Å². The maximum atomic E-state index is 12.1. The van der Waals surface area contributed by atoms with Crippen LogP contribution >= 0.6 is 0 Å². The van der Waals surface area contributed by atoms with Gasteiger partial charge in [0.25, 0.3) is 0 Å². The van der Waals surface area contributed by atoms with Crippen molar-refractivity contribution in [2.24, 2.45) is 0 Å². The molecule has 0 aromatic heterocycles. The van der Waals surface area contributed by atoms with Crippen molar-refractivity contribution in [3.05, 3.63) is 71.3 Å². The van der Waals surface area contributed by atoms with Gasteiger partial charge in [-0.3, -0.25) is 15.4 Å². The Kier molecular flexibility index (Phi) is 6.95. The Balaban J connectivity index is 1.98. The molecule has 0 radical (unpaired) electrons. The van der Waals surface area contributed by atoms with Crippen LogP contribution in [0.25, 0.3) is 0 Å². The second-order valence-electron chi connectivity index (χ2n) is 5.98. The molecule has 0 bridgehead atoms. The van der Waals surface area contributed by atoms with Gasteiger partial charge in [0.2, 0.25) is 5.91 Å². The minimum Gasteiger partial charge on any atom is -0.329 e. The summed E-state index contributed by atoms with van der Waals surface area (Å²) in [5.41, 5.74) is 2.92. The lowest BCUT2D eigenvalue weighted by molar-refractivity contribution is -0.124. The smallest absolute Gasteiger partial charge is 0.329 e. The van der Waals surface area contributed by atoms with E-state index in [1.165, 1.54) is 0 Å². The fourth-order valence-corrected chi connectivity index (χ4v) is 2.42. The van der Waals surface area contributed by atoms with E-state index in [0.29, 0.717) is 0 Å². The molecule has 144 valence electrons. The van der Waals surface area contributed by atoms with Crippen molar-refractivity contribution in [2.45, 2.75) is 19.1 Å². The number of halogens is 3. The fraction of sp³-hybridized carbons (Fsp3) is 0.263. The zero-order valence-electron chi connectivity index (χ0n) is 14.6. The van der Waals surface area contributed by atoms with Crippen LogP contribution in [0.15, 0.2) is 54.6 Å². The zero-order chi connectivity index (χ0) is 19.9. The van der Waals surface area contributed by atoms with Gasteiger partial charge in [-0.25, -0.2) is 4.79 Å². The zero-order valence-corrected chi connectivity index (χ0v) is 14.6. The minimum atomic E-state index is -4.54. The van der Waals surface area contributed by atoms with E-state index in [9.17, 15) is 22.8 Å². The molecule has 0 fully saturated rings. The van der Waals surface area contributed by atoms with Gasteiger partial charge in [-0.15, -0.1) is 0 Å². The van der Waals surface area contributed by atoms with E-state index in [1.807, 2.05) is 66.8 Å². The third kappa shape index (κ3) is 7.10. The second-order valence-corrected chi connectivity index (χ2v) is 5.98. The van der Waals surface area contributed by atoms with Crippen molar-refractivity contribution < 1.29 is 22.8 Å². The van der Waals surface area contributed by atoms with Gasteiger partial charge in [-0.2, -0.15) is 13.2 Å². The average molecular weight is 379 g/mol. The summed E-state index contributed by atoms with van der Waals surface area (Å²) in [5.74, 6) is -0.734. The lowest BCUT2D eigenvalue weighted by Gasteiger charge is -2.20. The summed E-state index contributed by atoms with van der Waals surface area (Å²) in [6, 6.07) is 15.6. The minimum absolute atomic E-state index is 0.243. The molecular formula is C19H20F3N3O2. The third-order valence-corrected chi connectivity index (χ3v) is 3.71. The van der Waals surface area contributed by atoms with Crippen LogP contribution in [0.1, 0.15) is 22.7 Å². The fourth-order valence-electron chi connectivity index (χ4n) is 2.42. The van der Waals surface area contributed by atoms with E-state index in [0.717, 1.165) is 16.7 Å². The number of aryl methyl sites for hydroxylation is 1. The van der Waals surface area contributed by atoms with Gasteiger partial charge in [0.15, 0.2) is 0 Å². The molecule has 0 heterocycles. The number of carbonyl (C=O) groups excluding carboxylic acids is 2. The number of benzene rings is 2. The maximum absolute atomic E-state index is 12.1. The SMILES string of the molecule is Cc1ccc([C@@H](NCC(=O)NC(=O)NCC(F)(F)F)c2ccccc2)cc1. The van der Waals surface area contributed by atoms with Gasteiger partial charge < -0.3 is 5.32 Å². The van der Waals surface area contributed by atoms with Crippen LogP contribution in [0, 0.1) is 6.92 Å². The maximum Gasteiger partial charge on any atom is 0.405 e. The van der Waals surface area contributed by atoms with Crippen LogP contribution in [0.3, 0.4) is 0 Å². The Morgan fingerprint density at radius 2 is 1.56 bits per heavy atom. The van der Waals surface area contributed by atoms with Crippen molar-refractivity contribution >= 4 is 11.9 Å². The largest absolute Gasteiger partial charge is 0.405 e. The molecule has 2 aromatic carbocycles. The molecule has 0 saturated carbocycles. The number of urea groups is 1. The molecule has 0 saturated heterocycles. The summed E-state index contributed by atoms with van der Waals surface area (Å²) in [5, 5.41) is 6.49. The van der Waals surface area contributed by atoms with Crippen LogP contribution < -0.4 is 16.0 Å². The lowest BCUT2D eigenvalue weighted by Crippen LogP contribution is -2.46. The number of hydrogen-bond donors (Lipinski definition) is 3. The number of hydrogen-bond acceptors (Lipinski definition) is 3. The summed E-state index contributed by atoms with van der Waals surface area (Å²) in [4.78, 5) is 23.2. The molecule has 1 atom stereocenters. The highest BCUT2D eigenvalue weighted by Crippen LogP contribution is 2.22. The molecule has 0 aliphatic heterocycles. The van der Waals surface area contributed by atoms with E-state index in [1.54, 1.807) is 5.32 Å². The summed E-state index contributed by atoms with van der Waals surface area (Å²) in [6.45, 7) is 0.212. The molecule has 2 rings (SSSR count). The Morgan fingerprint density at radius 3 is 2.15 bits per heavy atom. The number of rotatable bonds is 6. The predicted octanol–water partition coefficient (Wildman–Crippen LogP) is 3.06. The number of amides is 3. The van der Waals surface area contributed by atoms with Gasteiger partial charge in [0, 0.05) is 0 Å². The van der Waals surface area contributed by atoms with E-state index in [-0.39, 0.29) is 12.6 Å². The highest BCUT2D eigenvalue weighted by Gasteiger charge is 2.28. The van der Waals surface area contributed by atoms with Crippen molar-refractivity contribution in [1.29, 1.82) is 0 Å². The molecule has 27 heavy (non-hydrogen) atoms. The molecule has 2 aromatic rings. The normalized spacial score (nSPS) is 12.3. The third-order valence-electron chi connectivity index (χ3n) is 3.71. The molecule has 8 heteroatoms. The summed E-state index contributed by atoms with van der Waals surface area (Å²) in [6.07, 6.45) is -4.54. The topological polar surface area (TPSA) is 70.2 Å². The first-order valence-electron chi connectivity index (χ1n) is 8.24. The molecule has 5 nitrogen and oxygen atoms in total. The first kappa shape index (κ1) is 20.4. The van der Waals surface area contributed by atoms with Crippen LogP contribution in [-0.2, 0) is 4.79 Å². The molecule has 0 spiro atoms.